The number of hydrogen-bond donors (Lipinski definition) is 1. The van der Waals surface area contributed by atoms with E-state index in [1.54, 1.807) is 30.3 Å². The lowest BCUT2D eigenvalue weighted by molar-refractivity contribution is -0.122. The van der Waals surface area contributed by atoms with E-state index in [4.69, 9.17) is 9.47 Å². The van der Waals surface area contributed by atoms with E-state index in [2.05, 4.69) is 59.1 Å². The Labute approximate surface area is 245 Å². The smallest absolute Gasteiger partial charge is 0.335 e. The number of rotatable bonds is 7. The van der Waals surface area contributed by atoms with Gasteiger partial charge in [0.25, 0.3) is 11.8 Å². The van der Waals surface area contributed by atoms with Gasteiger partial charge in [-0.3, -0.25) is 14.9 Å². The van der Waals surface area contributed by atoms with Gasteiger partial charge in [-0.05, 0) is 95.6 Å². The maximum Gasteiger partial charge on any atom is 0.335 e. The molecule has 5 rings (SSSR count). The van der Waals surface area contributed by atoms with Crippen LogP contribution in [0.25, 0.3) is 16.8 Å². The van der Waals surface area contributed by atoms with Gasteiger partial charge in [-0.25, -0.2) is 9.69 Å². The molecule has 4 aromatic carbocycles. The number of aryl methyl sites for hydroxylation is 2. The second-order valence-electron chi connectivity index (χ2n) is 9.43. The molecule has 1 aliphatic heterocycles. The number of nitrogens with one attached hydrogen (secondary N) is 1. The van der Waals surface area contributed by atoms with Crippen molar-refractivity contribution in [1.29, 1.82) is 0 Å². The van der Waals surface area contributed by atoms with Crippen LogP contribution in [-0.4, -0.2) is 24.5 Å². The molecule has 0 radical (unpaired) electrons. The lowest BCUT2D eigenvalue weighted by atomic mass is 10.0. The van der Waals surface area contributed by atoms with Crippen molar-refractivity contribution in [2.45, 2.75) is 27.4 Å². The van der Waals surface area contributed by atoms with Crippen LogP contribution < -0.4 is 19.7 Å². The number of barbiturate groups is 1. The SMILES string of the molecule is CCOc1cc(/C=C2\C(=O)NC(=O)N(c3ccc(C)cc3)C2=O)cc(I)c1OCc1c(C)ccc2ccccc12. The normalized spacial score (nSPS) is 14.6. The Bertz CT molecular complexity index is 1680. The molecule has 1 N–H and O–H groups in total. The minimum Gasteiger partial charge on any atom is -0.490 e. The summed E-state index contributed by atoms with van der Waals surface area (Å²) in [6.45, 7) is 6.59. The number of fused-ring (bicyclic) bond motifs is 1. The average Bonchev–Trinajstić information content (AvgIpc) is 2.92. The average molecular weight is 646 g/mol. The molecule has 8 heteroatoms. The number of carbonyl (C=O) groups is 3. The van der Waals surface area contributed by atoms with Gasteiger partial charge in [0.05, 0.1) is 15.9 Å². The Balaban J connectivity index is 1.47. The quantitative estimate of drug-likeness (QED) is 0.137. The van der Waals surface area contributed by atoms with Crippen LogP contribution in [0, 0.1) is 17.4 Å². The zero-order valence-electron chi connectivity index (χ0n) is 22.3. The maximum absolute atomic E-state index is 13.3. The van der Waals surface area contributed by atoms with Crippen molar-refractivity contribution < 1.29 is 23.9 Å². The number of halogens is 1. The predicted octanol–water partition coefficient (Wildman–Crippen LogP) is 6.71. The molecule has 0 aliphatic carbocycles. The van der Waals surface area contributed by atoms with Crippen molar-refractivity contribution in [1.82, 2.24) is 5.32 Å². The van der Waals surface area contributed by atoms with Crippen LogP contribution in [-0.2, 0) is 16.2 Å². The van der Waals surface area contributed by atoms with Gasteiger partial charge in [0.2, 0.25) is 0 Å². The van der Waals surface area contributed by atoms with Crippen LogP contribution in [0.4, 0.5) is 10.5 Å². The second kappa shape index (κ2) is 11.5. The van der Waals surface area contributed by atoms with Crippen LogP contribution in [0.5, 0.6) is 11.5 Å². The highest BCUT2D eigenvalue weighted by Gasteiger charge is 2.36. The molecule has 4 aromatic rings. The summed E-state index contributed by atoms with van der Waals surface area (Å²) in [7, 11) is 0. The molecule has 0 spiro atoms. The Morgan fingerprint density at radius 3 is 2.42 bits per heavy atom. The fourth-order valence-corrected chi connectivity index (χ4v) is 5.39. The Morgan fingerprint density at radius 1 is 0.925 bits per heavy atom. The fourth-order valence-electron chi connectivity index (χ4n) is 4.61. The molecule has 1 saturated heterocycles. The molecular formula is C32H27IN2O5. The number of ether oxygens (including phenoxy) is 2. The van der Waals surface area contributed by atoms with Crippen molar-refractivity contribution in [2.75, 3.05) is 11.5 Å². The van der Waals surface area contributed by atoms with Crippen LogP contribution in [0.3, 0.4) is 0 Å². The van der Waals surface area contributed by atoms with E-state index in [0.717, 1.165) is 35.9 Å². The topological polar surface area (TPSA) is 84.9 Å². The Hall–Kier alpha value is -4.18. The van der Waals surface area contributed by atoms with Gasteiger partial charge in [-0.2, -0.15) is 0 Å². The van der Waals surface area contributed by atoms with Gasteiger partial charge in [0.1, 0.15) is 12.2 Å². The van der Waals surface area contributed by atoms with E-state index >= 15 is 0 Å². The van der Waals surface area contributed by atoms with E-state index in [0.29, 0.717) is 36.0 Å². The first kappa shape index (κ1) is 27.4. The fraction of sp³-hybridized carbons (Fsp3) is 0.156. The van der Waals surface area contributed by atoms with Gasteiger partial charge in [0, 0.05) is 5.56 Å². The second-order valence-corrected chi connectivity index (χ2v) is 10.6. The Kier molecular flexibility index (Phi) is 7.88. The summed E-state index contributed by atoms with van der Waals surface area (Å²) < 4.78 is 13.0. The third kappa shape index (κ3) is 5.44. The van der Waals surface area contributed by atoms with E-state index in [1.165, 1.54) is 6.08 Å². The highest BCUT2D eigenvalue weighted by molar-refractivity contribution is 14.1. The van der Waals surface area contributed by atoms with E-state index in [-0.39, 0.29) is 5.57 Å². The summed E-state index contributed by atoms with van der Waals surface area (Å²) in [5.41, 5.74) is 3.99. The number of imide groups is 2. The van der Waals surface area contributed by atoms with Gasteiger partial charge in [-0.1, -0.05) is 54.1 Å². The molecule has 0 bridgehead atoms. The van der Waals surface area contributed by atoms with Crippen molar-refractivity contribution in [3.8, 4) is 11.5 Å². The molecule has 4 amide bonds. The highest BCUT2D eigenvalue weighted by Crippen LogP contribution is 2.36. The zero-order valence-corrected chi connectivity index (χ0v) is 24.4. The maximum atomic E-state index is 13.3. The van der Waals surface area contributed by atoms with Crippen LogP contribution in [0.2, 0.25) is 0 Å². The minimum absolute atomic E-state index is 0.154. The van der Waals surface area contributed by atoms with Crippen molar-refractivity contribution in [2.24, 2.45) is 0 Å². The molecule has 202 valence electrons. The molecule has 0 aromatic heterocycles. The van der Waals surface area contributed by atoms with E-state index in [1.807, 2.05) is 32.0 Å². The zero-order chi connectivity index (χ0) is 28.4. The van der Waals surface area contributed by atoms with E-state index < -0.39 is 17.8 Å². The van der Waals surface area contributed by atoms with Crippen molar-refractivity contribution in [3.63, 3.8) is 0 Å². The molecule has 1 aliphatic rings. The van der Waals surface area contributed by atoms with E-state index in [9.17, 15) is 14.4 Å². The molecule has 1 fully saturated rings. The summed E-state index contributed by atoms with van der Waals surface area (Å²) in [6.07, 6.45) is 1.47. The molecule has 0 unspecified atom stereocenters. The summed E-state index contributed by atoms with van der Waals surface area (Å²) >= 11 is 2.16. The minimum atomic E-state index is -0.784. The first-order valence-electron chi connectivity index (χ1n) is 12.8. The lowest BCUT2D eigenvalue weighted by Crippen LogP contribution is -2.54. The summed E-state index contributed by atoms with van der Waals surface area (Å²) in [5.74, 6) is -0.377. The molecule has 1 heterocycles. The molecule has 0 atom stereocenters. The van der Waals surface area contributed by atoms with Gasteiger partial charge in [0.15, 0.2) is 11.5 Å². The van der Waals surface area contributed by atoms with Crippen LogP contribution >= 0.6 is 22.6 Å². The van der Waals surface area contributed by atoms with Crippen molar-refractivity contribution in [3.05, 3.63) is 104 Å². The Morgan fingerprint density at radius 2 is 1.68 bits per heavy atom. The van der Waals surface area contributed by atoms with Gasteiger partial charge < -0.3 is 9.47 Å². The number of carbonyl (C=O) groups excluding carboxylic acids is 3. The number of anilines is 1. The summed E-state index contributed by atoms with van der Waals surface area (Å²) in [4.78, 5) is 39.5. The van der Waals surface area contributed by atoms with Gasteiger partial charge in [-0.15, -0.1) is 0 Å². The third-order valence-corrected chi connectivity index (χ3v) is 7.47. The number of hydrogen-bond acceptors (Lipinski definition) is 5. The van der Waals surface area contributed by atoms with Crippen molar-refractivity contribution >= 4 is 63.0 Å². The third-order valence-electron chi connectivity index (χ3n) is 6.67. The number of urea groups is 1. The molecular weight excluding hydrogens is 619 g/mol. The predicted molar refractivity (Wildman–Crippen MR) is 164 cm³/mol. The summed E-state index contributed by atoms with van der Waals surface area (Å²) in [6, 6.07) is 22.1. The number of amides is 4. The standard InChI is InChI=1S/C32H27IN2O5/c1-4-39-28-17-21(15-25-30(36)34-32(38)35(31(25)37)23-13-9-19(2)10-14-23)16-27(33)29(28)40-18-26-20(3)11-12-22-7-5-6-8-24(22)26/h5-17H,4,18H2,1-3H3,(H,34,36,38)/b25-15+. The molecule has 40 heavy (non-hydrogen) atoms. The monoisotopic (exact) mass is 646 g/mol. The largest absolute Gasteiger partial charge is 0.490 e. The lowest BCUT2D eigenvalue weighted by Gasteiger charge is -2.26. The molecule has 7 nitrogen and oxygen atoms in total. The van der Waals surface area contributed by atoms with Crippen LogP contribution in [0.1, 0.15) is 29.2 Å². The van der Waals surface area contributed by atoms with Crippen LogP contribution in [0.15, 0.2) is 78.4 Å². The molecule has 0 saturated carbocycles. The first-order chi connectivity index (χ1) is 19.3. The summed E-state index contributed by atoms with van der Waals surface area (Å²) in [5, 5.41) is 4.54. The number of benzene rings is 4. The van der Waals surface area contributed by atoms with Gasteiger partial charge >= 0.3 is 6.03 Å². The highest BCUT2D eigenvalue weighted by atomic mass is 127. The number of nitrogens with zero attached hydrogens (tertiary/aromatic N) is 1. The first-order valence-corrected chi connectivity index (χ1v) is 13.9.